The molecule has 0 saturated carbocycles. The zero-order valence-electron chi connectivity index (χ0n) is 27.4. The molecule has 5 heterocycles. The maximum atomic E-state index is 12.8. The highest BCUT2D eigenvalue weighted by atomic mass is 28.3. The standard InChI is InChI=1S/C32H44N8O4Si/c1-32(2,3)44-31(41)40-21-8-9-22(40)17-23(16-21)43-29-13-12-27(34-36-29)25-11-10-24(28-19-38(4)37-35-28)26-18-33-39(30(25)26)20-42-14-15-45(5,6)7/h10-13,18-19,21-23H,8-9,14-17,20H2,1-7H3. The highest BCUT2D eigenvalue weighted by Gasteiger charge is 2.45. The molecule has 12 nitrogen and oxygen atoms in total. The van der Waals surface area contributed by atoms with E-state index in [0.29, 0.717) is 24.9 Å². The number of hydrogen-bond donors (Lipinski definition) is 0. The fourth-order valence-electron chi connectivity index (χ4n) is 6.26. The summed E-state index contributed by atoms with van der Waals surface area (Å²) in [5.74, 6) is 0.476. The van der Waals surface area contributed by atoms with E-state index in [1.54, 1.807) is 4.68 Å². The SMILES string of the molecule is Cn1cc(-c2ccc(-c3ccc(OC4CC5CCC(C4)N5C(=O)OC(C)(C)C)nn3)c3c2cnn3COCC[Si](C)(C)C)nn1. The van der Waals surface area contributed by atoms with Crippen LogP contribution in [0.3, 0.4) is 0 Å². The predicted octanol–water partition coefficient (Wildman–Crippen LogP) is 5.91. The lowest BCUT2D eigenvalue weighted by molar-refractivity contribution is -0.00771. The van der Waals surface area contributed by atoms with E-state index in [2.05, 4.69) is 40.2 Å². The normalized spacial score (nSPS) is 20.2. The third-order valence-corrected chi connectivity index (χ3v) is 10.1. The molecular formula is C32H44N8O4Si. The Labute approximate surface area is 265 Å². The number of fused-ring (bicyclic) bond motifs is 3. The van der Waals surface area contributed by atoms with Crippen molar-refractivity contribution in [1.82, 2.24) is 39.9 Å². The van der Waals surface area contributed by atoms with Crippen LogP contribution in [0.25, 0.3) is 33.4 Å². The Morgan fingerprint density at radius 2 is 1.71 bits per heavy atom. The number of nitrogens with zero attached hydrogens (tertiary/aromatic N) is 8. The first-order valence-electron chi connectivity index (χ1n) is 15.8. The van der Waals surface area contributed by atoms with Gasteiger partial charge in [0, 0.05) is 69.2 Å². The van der Waals surface area contributed by atoms with Crippen molar-refractivity contribution in [3.05, 3.63) is 36.7 Å². The van der Waals surface area contributed by atoms with Crippen LogP contribution in [0.2, 0.25) is 25.7 Å². The van der Waals surface area contributed by atoms with Gasteiger partial charge in [-0.3, -0.25) is 4.68 Å². The maximum Gasteiger partial charge on any atom is 0.410 e. The van der Waals surface area contributed by atoms with Crippen molar-refractivity contribution >= 4 is 25.1 Å². The highest BCUT2D eigenvalue weighted by Crippen LogP contribution is 2.39. The van der Waals surface area contributed by atoms with Crippen LogP contribution < -0.4 is 4.74 Å². The molecule has 13 heteroatoms. The second-order valence-corrected chi connectivity index (χ2v) is 20.1. The molecule has 4 aromatic rings. The largest absolute Gasteiger partial charge is 0.473 e. The van der Waals surface area contributed by atoms with Crippen molar-refractivity contribution in [1.29, 1.82) is 0 Å². The van der Waals surface area contributed by atoms with Crippen molar-refractivity contribution in [2.24, 2.45) is 7.05 Å². The van der Waals surface area contributed by atoms with E-state index < -0.39 is 13.7 Å². The van der Waals surface area contributed by atoms with Crippen molar-refractivity contribution in [2.75, 3.05) is 6.61 Å². The number of carbonyl (C=O) groups is 1. The number of piperidine rings is 1. The van der Waals surface area contributed by atoms with Crippen molar-refractivity contribution in [3.63, 3.8) is 0 Å². The molecule has 0 spiro atoms. The number of amides is 1. The van der Waals surface area contributed by atoms with Crippen LogP contribution in [-0.4, -0.2) is 84.4 Å². The molecule has 0 radical (unpaired) electrons. The van der Waals surface area contributed by atoms with Crippen molar-refractivity contribution < 1.29 is 19.0 Å². The molecule has 2 atom stereocenters. The van der Waals surface area contributed by atoms with Gasteiger partial charge in [-0.05, 0) is 51.8 Å². The van der Waals surface area contributed by atoms with Gasteiger partial charge in [0.05, 0.1) is 23.6 Å². The van der Waals surface area contributed by atoms with Crippen LogP contribution in [0.1, 0.15) is 46.5 Å². The monoisotopic (exact) mass is 632 g/mol. The minimum absolute atomic E-state index is 0.0333. The predicted molar refractivity (Wildman–Crippen MR) is 173 cm³/mol. The second kappa shape index (κ2) is 12.2. The summed E-state index contributed by atoms with van der Waals surface area (Å²) in [6.07, 6.45) is 6.92. The number of aromatic nitrogens is 7. The first-order chi connectivity index (χ1) is 21.3. The van der Waals surface area contributed by atoms with E-state index in [4.69, 9.17) is 19.3 Å². The van der Waals surface area contributed by atoms with Crippen LogP contribution in [0.15, 0.2) is 36.7 Å². The number of hydrogen-bond acceptors (Lipinski definition) is 9. The quantitative estimate of drug-likeness (QED) is 0.164. The molecule has 2 bridgehead atoms. The van der Waals surface area contributed by atoms with Gasteiger partial charge in [0.2, 0.25) is 5.88 Å². The summed E-state index contributed by atoms with van der Waals surface area (Å²) in [7, 11) is 0.637. The third-order valence-electron chi connectivity index (χ3n) is 8.39. The second-order valence-electron chi connectivity index (χ2n) is 14.4. The van der Waals surface area contributed by atoms with Crippen LogP contribution in [0, 0.1) is 0 Å². The number of carbonyl (C=O) groups excluding carboxylic acids is 1. The molecule has 0 N–H and O–H groups in total. The molecule has 6 rings (SSSR count). The fraction of sp³-hybridized carbons (Fsp3) is 0.562. The fourth-order valence-corrected chi connectivity index (χ4v) is 7.02. The minimum atomic E-state index is -1.22. The Hall–Kier alpha value is -3.84. The van der Waals surface area contributed by atoms with Gasteiger partial charge in [-0.1, -0.05) is 30.9 Å². The molecule has 1 aromatic carbocycles. The number of aryl methyl sites for hydroxylation is 1. The van der Waals surface area contributed by atoms with Gasteiger partial charge in [-0.2, -0.15) is 5.10 Å². The number of rotatable bonds is 9. The maximum absolute atomic E-state index is 12.8. The summed E-state index contributed by atoms with van der Waals surface area (Å²) in [4.78, 5) is 14.8. The molecule has 0 aliphatic carbocycles. The number of benzene rings is 1. The molecule has 2 aliphatic rings. The Balaban J connectivity index is 1.20. The molecular weight excluding hydrogens is 588 g/mol. The average Bonchev–Trinajstić information content (AvgIpc) is 3.66. The lowest BCUT2D eigenvalue weighted by Crippen LogP contribution is -2.50. The van der Waals surface area contributed by atoms with Crippen molar-refractivity contribution in [3.8, 4) is 28.4 Å². The summed E-state index contributed by atoms with van der Waals surface area (Å²) in [5, 5.41) is 23.2. The zero-order valence-corrected chi connectivity index (χ0v) is 28.4. The van der Waals surface area contributed by atoms with E-state index in [1.165, 1.54) is 0 Å². The molecule has 2 saturated heterocycles. The molecule has 3 aromatic heterocycles. The first-order valence-corrected chi connectivity index (χ1v) is 19.5. The Kier molecular flexibility index (Phi) is 8.42. The van der Waals surface area contributed by atoms with Crippen molar-refractivity contribution in [2.45, 2.75) is 103 Å². The molecule has 2 aliphatic heterocycles. The smallest absolute Gasteiger partial charge is 0.410 e. The Morgan fingerprint density at radius 1 is 0.978 bits per heavy atom. The van der Waals surface area contributed by atoms with Gasteiger partial charge in [0.25, 0.3) is 0 Å². The van der Waals surface area contributed by atoms with Crippen LogP contribution in [0.4, 0.5) is 4.79 Å². The molecule has 1 amide bonds. The molecule has 240 valence electrons. The van der Waals surface area contributed by atoms with Crippen LogP contribution in [-0.2, 0) is 23.3 Å². The van der Waals surface area contributed by atoms with E-state index in [-0.39, 0.29) is 24.3 Å². The first kappa shape index (κ1) is 31.2. The topological polar surface area (TPSA) is 122 Å². The lowest BCUT2D eigenvalue weighted by Gasteiger charge is -2.39. The minimum Gasteiger partial charge on any atom is -0.473 e. The number of ether oxygens (including phenoxy) is 3. The van der Waals surface area contributed by atoms with E-state index in [0.717, 1.165) is 59.5 Å². The van der Waals surface area contributed by atoms with E-state index in [9.17, 15) is 4.79 Å². The van der Waals surface area contributed by atoms with Gasteiger partial charge in [-0.15, -0.1) is 15.3 Å². The summed E-state index contributed by atoms with van der Waals surface area (Å²) >= 11 is 0. The Morgan fingerprint density at radius 3 is 2.33 bits per heavy atom. The summed E-state index contributed by atoms with van der Waals surface area (Å²) in [5.41, 5.74) is 3.71. The van der Waals surface area contributed by atoms with E-state index in [1.807, 2.05) is 74.1 Å². The lowest BCUT2D eigenvalue weighted by atomic mass is 10.00. The van der Waals surface area contributed by atoms with Crippen LogP contribution in [0.5, 0.6) is 5.88 Å². The summed E-state index contributed by atoms with van der Waals surface area (Å²) in [6.45, 7) is 13.8. The molecule has 2 fully saturated rings. The average molecular weight is 633 g/mol. The van der Waals surface area contributed by atoms with Crippen LogP contribution >= 0.6 is 0 Å². The summed E-state index contributed by atoms with van der Waals surface area (Å²) < 4.78 is 21.7. The van der Waals surface area contributed by atoms with Gasteiger partial charge in [0.1, 0.15) is 24.1 Å². The Bertz CT molecular complexity index is 1640. The van der Waals surface area contributed by atoms with E-state index >= 15 is 0 Å². The van der Waals surface area contributed by atoms with Gasteiger partial charge < -0.3 is 19.1 Å². The van der Waals surface area contributed by atoms with Gasteiger partial charge >= 0.3 is 6.09 Å². The highest BCUT2D eigenvalue weighted by molar-refractivity contribution is 6.76. The molecule has 2 unspecified atom stereocenters. The van der Waals surface area contributed by atoms with Gasteiger partial charge in [0.15, 0.2) is 0 Å². The van der Waals surface area contributed by atoms with Gasteiger partial charge in [-0.25, -0.2) is 9.48 Å². The zero-order chi connectivity index (χ0) is 31.9. The summed E-state index contributed by atoms with van der Waals surface area (Å²) in [6, 6.07) is 9.18. The third kappa shape index (κ3) is 7.04. The molecule has 45 heavy (non-hydrogen) atoms.